The minimum atomic E-state index is -0.314. The van der Waals surface area contributed by atoms with Crippen LogP contribution >= 0.6 is 0 Å². The second-order valence-electron chi connectivity index (χ2n) is 5.00. The molecule has 1 atom stereocenters. The molecule has 0 saturated carbocycles. The van der Waals surface area contributed by atoms with Crippen molar-refractivity contribution in [3.63, 3.8) is 0 Å². The van der Waals surface area contributed by atoms with Gasteiger partial charge in [0.2, 0.25) is 0 Å². The second-order valence-corrected chi connectivity index (χ2v) is 5.00. The summed E-state index contributed by atoms with van der Waals surface area (Å²) in [5.74, 6) is -0.291. The quantitative estimate of drug-likeness (QED) is 0.613. The molecule has 3 nitrogen and oxygen atoms in total. The molecule has 2 aromatic carbocycles. The molecule has 0 heterocycles. The number of anilines is 1. The number of carbonyl (C=O) groups excluding carboxylic acids is 1. The van der Waals surface area contributed by atoms with Crippen molar-refractivity contribution >= 4 is 11.7 Å². The average molecular weight is 283 g/mol. The Balaban J connectivity index is 2.09. The second kappa shape index (κ2) is 6.93. The predicted molar refractivity (Wildman–Crippen MR) is 85.5 cm³/mol. The lowest BCUT2D eigenvalue weighted by Gasteiger charge is -2.29. The first-order valence-corrected chi connectivity index (χ1v) is 7.21. The Morgan fingerprint density at radius 3 is 2.48 bits per heavy atom. The first kappa shape index (κ1) is 15.1. The molecular weight excluding hydrogens is 262 g/mol. The fourth-order valence-corrected chi connectivity index (χ4v) is 2.33. The summed E-state index contributed by atoms with van der Waals surface area (Å²) in [4.78, 5) is 14.3. The average Bonchev–Trinajstić information content (AvgIpc) is 2.49. The highest BCUT2D eigenvalue weighted by Crippen LogP contribution is 2.18. The monoisotopic (exact) mass is 283 g/mol. The smallest absolute Gasteiger partial charge is 0.340 e. The maximum Gasteiger partial charge on any atom is 0.340 e. The van der Waals surface area contributed by atoms with Crippen LogP contribution in [0.15, 0.2) is 54.6 Å². The van der Waals surface area contributed by atoms with Crippen LogP contribution in [0.5, 0.6) is 0 Å². The normalized spacial score (nSPS) is 11.8. The minimum absolute atomic E-state index is 0.291. The summed E-state index contributed by atoms with van der Waals surface area (Å²) in [7, 11) is 0. The zero-order valence-corrected chi connectivity index (χ0v) is 12.7. The van der Waals surface area contributed by atoms with E-state index in [0.717, 1.165) is 17.8 Å². The molecule has 21 heavy (non-hydrogen) atoms. The Kier molecular flexibility index (Phi) is 4.99. The van der Waals surface area contributed by atoms with Gasteiger partial charge in [-0.1, -0.05) is 35.9 Å². The van der Waals surface area contributed by atoms with Crippen LogP contribution < -0.4 is 4.90 Å². The Hall–Kier alpha value is -2.29. The van der Waals surface area contributed by atoms with Crippen LogP contribution in [0.4, 0.5) is 5.69 Å². The topological polar surface area (TPSA) is 29.5 Å². The molecule has 1 unspecified atom stereocenters. The van der Waals surface area contributed by atoms with E-state index < -0.39 is 0 Å². The zero-order valence-electron chi connectivity index (χ0n) is 12.7. The third-order valence-electron chi connectivity index (χ3n) is 3.40. The maximum atomic E-state index is 12.2. The molecule has 0 aliphatic heterocycles. The number of carbonyl (C=O) groups is 1. The molecule has 0 spiro atoms. The van der Waals surface area contributed by atoms with Crippen molar-refractivity contribution in [3.05, 3.63) is 65.7 Å². The number of hydrogen-bond acceptors (Lipinski definition) is 3. The van der Waals surface area contributed by atoms with Crippen LogP contribution in [0.1, 0.15) is 29.8 Å². The highest BCUT2D eigenvalue weighted by Gasteiger charge is 2.18. The summed E-state index contributed by atoms with van der Waals surface area (Å²) in [6.45, 7) is 6.67. The Morgan fingerprint density at radius 2 is 1.86 bits per heavy atom. The van der Waals surface area contributed by atoms with Crippen LogP contribution in [0.3, 0.4) is 0 Å². The number of rotatable bonds is 5. The van der Waals surface area contributed by atoms with Gasteiger partial charge in [-0.05, 0) is 45.0 Å². The first-order valence-electron chi connectivity index (χ1n) is 7.21. The molecule has 0 aliphatic rings. The Labute approximate surface area is 126 Å². The van der Waals surface area contributed by atoms with Gasteiger partial charge >= 0.3 is 5.97 Å². The molecule has 110 valence electrons. The van der Waals surface area contributed by atoms with Crippen molar-refractivity contribution in [2.45, 2.75) is 27.0 Å². The molecule has 0 bridgehead atoms. The highest BCUT2D eigenvalue weighted by molar-refractivity contribution is 5.89. The summed E-state index contributed by atoms with van der Waals surface area (Å²) in [6.07, 6.45) is -0.314. The SMILES string of the molecule is CCN(c1ccccc1)C(C)OC(=O)c1cccc(C)c1. The molecule has 3 heteroatoms. The molecule has 0 radical (unpaired) electrons. The molecule has 0 fully saturated rings. The summed E-state index contributed by atoms with van der Waals surface area (Å²) < 4.78 is 5.59. The van der Waals surface area contributed by atoms with E-state index in [1.165, 1.54) is 0 Å². The third-order valence-corrected chi connectivity index (χ3v) is 3.40. The summed E-state index contributed by atoms with van der Waals surface area (Å²) in [5.41, 5.74) is 2.68. The number of para-hydroxylation sites is 1. The number of nitrogens with zero attached hydrogens (tertiary/aromatic N) is 1. The maximum absolute atomic E-state index is 12.2. The molecule has 0 amide bonds. The van der Waals surface area contributed by atoms with Gasteiger partial charge in [0.25, 0.3) is 0 Å². The molecule has 0 aromatic heterocycles. The number of ether oxygens (including phenoxy) is 1. The largest absolute Gasteiger partial charge is 0.438 e. The van der Waals surface area contributed by atoms with E-state index in [4.69, 9.17) is 4.74 Å². The van der Waals surface area contributed by atoms with Crippen molar-refractivity contribution in [2.24, 2.45) is 0 Å². The van der Waals surface area contributed by atoms with Crippen LogP contribution in [-0.4, -0.2) is 18.7 Å². The minimum Gasteiger partial charge on any atom is -0.438 e. The van der Waals surface area contributed by atoms with Gasteiger partial charge < -0.3 is 9.64 Å². The van der Waals surface area contributed by atoms with E-state index in [-0.39, 0.29) is 12.2 Å². The van der Waals surface area contributed by atoms with E-state index in [9.17, 15) is 4.79 Å². The lowest BCUT2D eigenvalue weighted by molar-refractivity contribution is 0.0336. The van der Waals surface area contributed by atoms with Crippen molar-refractivity contribution in [1.82, 2.24) is 0 Å². The fourth-order valence-electron chi connectivity index (χ4n) is 2.33. The van der Waals surface area contributed by atoms with E-state index in [0.29, 0.717) is 5.56 Å². The summed E-state index contributed by atoms with van der Waals surface area (Å²) >= 11 is 0. The molecule has 2 rings (SSSR count). The lowest BCUT2D eigenvalue weighted by Crippen LogP contribution is -2.36. The van der Waals surface area contributed by atoms with Gasteiger partial charge in [-0.25, -0.2) is 4.79 Å². The van der Waals surface area contributed by atoms with Crippen LogP contribution in [0, 0.1) is 6.92 Å². The van der Waals surface area contributed by atoms with Gasteiger partial charge in [0.15, 0.2) is 6.23 Å². The first-order chi connectivity index (χ1) is 10.1. The van der Waals surface area contributed by atoms with E-state index in [1.54, 1.807) is 6.07 Å². The van der Waals surface area contributed by atoms with Crippen LogP contribution in [0.2, 0.25) is 0 Å². The van der Waals surface area contributed by atoms with Gasteiger partial charge in [0, 0.05) is 12.2 Å². The molecule has 2 aromatic rings. The zero-order chi connectivity index (χ0) is 15.2. The lowest BCUT2D eigenvalue weighted by atomic mass is 10.1. The highest BCUT2D eigenvalue weighted by atomic mass is 16.6. The van der Waals surface area contributed by atoms with Gasteiger partial charge in [-0.3, -0.25) is 0 Å². The number of esters is 1. The van der Waals surface area contributed by atoms with Crippen LogP contribution in [0.25, 0.3) is 0 Å². The number of hydrogen-bond donors (Lipinski definition) is 0. The Morgan fingerprint density at radius 1 is 1.14 bits per heavy atom. The van der Waals surface area contributed by atoms with Gasteiger partial charge in [-0.15, -0.1) is 0 Å². The summed E-state index contributed by atoms with van der Waals surface area (Å²) in [6, 6.07) is 17.4. The van der Waals surface area contributed by atoms with Crippen LogP contribution in [-0.2, 0) is 4.74 Å². The third kappa shape index (κ3) is 3.85. The van der Waals surface area contributed by atoms with Crippen molar-refractivity contribution in [2.75, 3.05) is 11.4 Å². The molecule has 0 saturated heterocycles. The molecule has 0 aliphatic carbocycles. The number of aryl methyl sites for hydroxylation is 1. The van der Waals surface area contributed by atoms with Gasteiger partial charge in [0.05, 0.1) is 5.56 Å². The van der Waals surface area contributed by atoms with Crippen molar-refractivity contribution in [1.29, 1.82) is 0 Å². The predicted octanol–water partition coefficient (Wildman–Crippen LogP) is 4.02. The fraction of sp³-hybridized carbons (Fsp3) is 0.278. The summed E-state index contributed by atoms with van der Waals surface area (Å²) in [5, 5.41) is 0. The van der Waals surface area contributed by atoms with Gasteiger partial charge in [-0.2, -0.15) is 0 Å². The van der Waals surface area contributed by atoms with Gasteiger partial charge in [0.1, 0.15) is 0 Å². The molecule has 0 N–H and O–H groups in total. The van der Waals surface area contributed by atoms with Crippen molar-refractivity contribution in [3.8, 4) is 0 Å². The Bertz CT molecular complexity index is 595. The number of benzene rings is 2. The molecular formula is C18H21NO2. The van der Waals surface area contributed by atoms with E-state index in [2.05, 4.69) is 0 Å². The van der Waals surface area contributed by atoms with E-state index >= 15 is 0 Å². The standard InChI is InChI=1S/C18H21NO2/c1-4-19(17-11-6-5-7-12-17)15(3)21-18(20)16-10-8-9-14(2)13-16/h5-13,15H,4H2,1-3H3. The van der Waals surface area contributed by atoms with E-state index in [1.807, 2.05) is 74.2 Å². The van der Waals surface area contributed by atoms with Crippen molar-refractivity contribution < 1.29 is 9.53 Å².